The van der Waals surface area contributed by atoms with Gasteiger partial charge in [0.15, 0.2) is 0 Å². The van der Waals surface area contributed by atoms with Crippen LogP contribution < -0.4 is 5.73 Å². The van der Waals surface area contributed by atoms with E-state index in [0.29, 0.717) is 21.6 Å². The summed E-state index contributed by atoms with van der Waals surface area (Å²) in [6.45, 7) is 0.424. The van der Waals surface area contributed by atoms with Crippen molar-refractivity contribution in [3.63, 3.8) is 0 Å². The Balaban J connectivity index is 2.50. The zero-order chi connectivity index (χ0) is 12.4. The molecule has 0 atom stereocenters. The summed E-state index contributed by atoms with van der Waals surface area (Å²) in [7, 11) is 0. The van der Waals surface area contributed by atoms with Crippen molar-refractivity contribution in [2.24, 2.45) is 5.73 Å². The molecule has 4 heteroatoms. The van der Waals surface area contributed by atoms with Crippen molar-refractivity contribution in [1.29, 1.82) is 0 Å². The van der Waals surface area contributed by atoms with Crippen LogP contribution in [0.5, 0.6) is 0 Å². The van der Waals surface area contributed by atoms with Crippen molar-refractivity contribution in [1.82, 2.24) is 0 Å². The maximum absolute atomic E-state index is 6.14. The van der Waals surface area contributed by atoms with Crippen LogP contribution in [0.4, 0.5) is 0 Å². The van der Waals surface area contributed by atoms with Gasteiger partial charge in [-0.1, -0.05) is 53.0 Å². The highest BCUT2D eigenvalue weighted by Gasteiger charge is 2.06. The van der Waals surface area contributed by atoms with Gasteiger partial charge in [-0.2, -0.15) is 0 Å². The third-order valence-electron chi connectivity index (χ3n) is 2.52. The molecule has 0 unspecified atom stereocenters. The van der Waals surface area contributed by atoms with Crippen LogP contribution in [0.25, 0.3) is 11.1 Å². The van der Waals surface area contributed by atoms with Gasteiger partial charge in [0, 0.05) is 27.2 Å². The minimum Gasteiger partial charge on any atom is -0.326 e. The summed E-state index contributed by atoms with van der Waals surface area (Å²) in [6.07, 6.45) is 0. The van der Waals surface area contributed by atoms with Gasteiger partial charge in [0.2, 0.25) is 0 Å². The van der Waals surface area contributed by atoms with Crippen LogP contribution in [0.2, 0.25) is 15.1 Å². The first kappa shape index (κ1) is 12.7. The van der Waals surface area contributed by atoms with Crippen molar-refractivity contribution in [2.45, 2.75) is 6.54 Å². The Morgan fingerprint density at radius 2 is 1.65 bits per heavy atom. The fourth-order valence-electron chi connectivity index (χ4n) is 1.60. The van der Waals surface area contributed by atoms with Crippen molar-refractivity contribution in [3.8, 4) is 11.1 Å². The van der Waals surface area contributed by atoms with Crippen molar-refractivity contribution >= 4 is 34.8 Å². The Morgan fingerprint density at radius 3 is 2.24 bits per heavy atom. The molecule has 0 heterocycles. The van der Waals surface area contributed by atoms with E-state index in [2.05, 4.69) is 0 Å². The van der Waals surface area contributed by atoms with E-state index >= 15 is 0 Å². The van der Waals surface area contributed by atoms with Gasteiger partial charge < -0.3 is 5.73 Å². The van der Waals surface area contributed by atoms with E-state index in [-0.39, 0.29) is 0 Å². The molecular weight excluding hydrogens is 277 g/mol. The lowest BCUT2D eigenvalue weighted by Crippen LogP contribution is -1.96. The Bertz CT molecular complexity index is 552. The van der Waals surface area contributed by atoms with Crippen LogP contribution in [0.3, 0.4) is 0 Å². The molecule has 2 rings (SSSR count). The number of hydrogen-bond donors (Lipinski definition) is 1. The van der Waals surface area contributed by atoms with Crippen LogP contribution in [-0.4, -0.2) is 0 Å². The summed E-state index contributed by atoms with van der Waals surface area (Å²) in [5.41, 5.74) is 8.34. The van der Waals surface area contributed by atoms with E-state index in [1.54, 1.807) is 12.1 Å². The zero-order valence-electron chi connectivity index (χ0n) is 8.88. The highest BCUT2D eigenvalue weighted by Crippen LogP contribution is 2.32. The van der Waals surface area contributed by atoms with Gasteiger partial charge in [-0.05, 0) is 29.3 Å². The molecule has 0 amide bonds. The quantitative estimate of drug-likeness (QED) is 0.845. The van der Waals surface area contributed by atoms with Crippen LogP contribution in [0.15, 0.2) is 36.4 Å². The maximum atomic E-state index is 6.14. The summed E-state index contributed by atoms with van der Waals surface area (Å²) in [5.74, 6) is 0. The molecule has 0 aliphatic heterocycles. The molecule has 88 valence electrons. The number of benzene rings is 2. The molecule has 0 bridgehead atoms. The Morgan fingerprint density at radius 1 is 0.882 bits per heavy atom. The molecule has 2 aromatic carbocycles. The zero-order valence-corrected chi connectivity index (χ0v) is 11.2. The Kier molecular flexibility index (Phi) is 3.95. The van der Waals surface area contributed by atoms with Crippen LogP contribution >= 0.6 is 34.8 Å². The summed E-state index contributed by atoms with van der Waals surface area (Å²) in [4.78, 5) is 0. The van der Waals surface area contributed by atoms with Crippen molar-refractivity contribution in [2.75, 3.05) is 0 Å². The second-order valence-electron chi connectivity index (χ2n) is 3.63. The van der Waals surface area contributed by atoms with Gasteiger partial charge in [0.25, 0.3) is 0 Å². The first-order chi connectivity index (χ1) is 8.11. The molecule has 0 aliphatic rings. The molecule has 0 saturated carbocycles. The predicted octanol–water partition coefficient (Wildman–Crippen LogP) is 4.77. The van der Waals surface area contributed by atoms with E-state index in [0.717, 1.165) is 16.7 Å². The molecule has 2 aromatic rings. The number of hydrogen-bond acceptors (Lipinski definition) is 1. The topological polar surface area (TPSA) is 26.0 Å². The monoisotopic (exact) mass is 285 g/mol. The molecule has 2 N–H and O–H groups in total. The largest absolute Gasteiger partial charge is 0.326 e. The summed E-state index contributed by atoms with van der Waals surface area (Å²) in [6, 6.07) is 11.1. The molecule has 1 nitrogen and oxygen atoms in total. The first-order valence-electron chi connectivity index (χ1n) is 5.05. The van der Waals surface area contributed by atoms with E-state index in [1.807, 2.05) is 24.3 Å². The Labute approximate surface area is 115 Å². The minimum atomic E-state index is 0.424. The van der Waals surface area contributed by atoms with Crippen molar-refractivity contribution in [3.05, 3.63) is 57.0 Å². The van der Waals surface area contributed by atoms with E-state index in [1.165, 1.54) is 0 Å². The van der Waals surface area contributed by atoms with Crippen LogP contribution in [-0.2, 0) is 6.54 Å². The molecule has 0 radical (unpaired) electrons. The van der Waals surface area contributed by atoms with Gasteiger partial charge in [0.1, 0.15) is 0 Å². The van der Waals surface area contributed by atoms with Gasteiger partial charge in [-0.25, -0.2) is 0 Å². The predicted molar refractivity (Wildman–Crippen MR) is 74.8 cm³/mol. The summed E-state index contributed by atoms with van der Waals surface area (Å²) in [5, 5.41) is 1.87. The lowest BCUT2D eigenvalue weighted by molar-refractivity contribution is 1.07. The third-order valence-corrected chi connectivity index (χ3v) is 3.41. The van der Waals surface area contributed by atoms with Gasteiger partial charge >= 0.3 is 0 Å². The standard InChI is InChI=1S/C13H10Cl3N/c14-10-3-4-11(13(16)6-10)8-1-2-9(7-17)12(15)5-8/h1-6H,7,17H2. The molecule has 0 aliphatic carbocycles. The highest BCUT2D eigenvalue weighted by atomic mass is 35.5. The minimum absolute atomic E-state index is 0.424. The SMILES string of the molecule is NCc1ccc(-c2ccc(Cl)cc2Cl)cc1Cl. The second-order valence-corrected chi connectivity index (χ2v) is 4.89. The third kappa shape index (κ3) is 2.75. The van der Waals surface area contributed by atoms with Gasteiger partial charge in [0.05, 0.1) is 0 Å². The smallest absolute Gasteiger partial charge is 0.0499 e. The molecule has 17 heavy (non-hydrogen) atoms. The first-order valence-corrected chi connectivity index (χ1v) is 6.19. The average Bonchev–Trinajstić information content (AvgIpc) is 2.29. The van der Waals surface area contributed by atoms with Crippen LogP contribution in [0.1, 0.15) is 5.56 Å². The molecular formula is C13H10Cl3N. The molecule has 0 spiro atoms. The average molecular weight is 287 g/mol. The summed E-state index contributed by atoms with van der Waals surface area (Å²) >= 11 is 18.1. The fourth-order valence-corrected chi connectivity index (χ4v) is 2.38. The normalized spacial score (nSPS) is 10.6. The molecule has 0 fully saturated rings. The van der Waals surface area contributed by atoms with Crippen molar-refractivity contribution < 1.29 is 0 Å². The van der Waals surface area contributed by atoms with E-state index < -0.39 is 0 Å². The van der Waals surface area contributed by atoms with Gasteiger partial charge in [-0.3, -0.25) is 0 Å². The maximum Gasteiger partial charge on any atom is 0.0499 e. The fraction of sp³-hybridized carbons (Fsp3) is 0.0769. The van der Waals surface area contributed by atoms with E-state index in [4.69, 9.17) is 40.5 Å². The summed E-state index contributed by atoms with van der Waals surface area (Å²) < 4.78 is 0. The molecule has 0 aromatic heterocycles. The second kappa shape index (κ2) is 5.28. The number of nitrogens with two attached hydrogens (primary N) is 1. The number of halogens is 3. The Hall–Kier alpha value is -0.730. The highest BCUT2D eigenvalue weighted by molar-refractivity contribution is 6.36. The number of rotatable bonds is 2. The lowest BCUT2D eigenvalue weighted by atomic mass is 10.0. The van der Waals surface area contributed by atoms with E-state index in [9.17, 15) is 0 Å². The van der Waals surface area contributed by atoms with Gasteiger partial charge in [-0.15, -0.1) is 0 Å². The lowest BCUT2D eigenvalue weighted by Gasteiger charge is -2.08. The molecule has 0 saturated heterocycles. The van der Waals surface area contributed by atoms with Crippen LogP contribution in [0, 0.1) is 0 Å².